The van der Waals surface area contributed by atoms with Crippen molar-refractivity contribution in [1.82, 2.24) is 9.55 Å². The minimum atomic E-state index is -0.457. The molecule has 0 radical (unpaired) electrons. The number of nitro benzene ring substituents is 1. The Hall–Kier alpha value is -2.44. The van der Waals surface area contributed by atoms with Gasteiger partial charge in [0.1, 0.15) is 0 Å². The number of nitro groups is 1. The fourth-order valence-electron chi connectivity index (χ4n) is 1.90. The number of rotatable bonds is 4. The number of fused-ring (bicyclic) bond motifs is 1. The summed E-state index contributed by atoms with van der Waals surface area (Å²) in [5.41, 5.74) is 1.28. The monoisotopic (exact) mass is 263 g/mol. The molecule has 7 heteroatoms. The van der Waals surface area contributed by atoms with Gasteiger partial charge in [-0.05, 0) is 13.0 Å². The molecule has 1 aromatic heterocycles. The highest BCUT2D eigenvalue weighted by Crippen LogP contribution is 2.24. The molecule has 19 heavy (non-hydrogen) atoms. The molecule has 0 aliphatic heterocycles. The Kier molecular flexibility index (Phi) is 3.46. The molecule has 1 heterocycles. The number of carbonyl (C=O) groups is 1. The molecular formula is C12H13N3O4. The highest BCUT2D eigenvalue weighted by Gasteiger charge is 2.16. The van der Waals surface area contributed by atoms with Gasteiger partial charge in [-0.15, -0.1) is 0 Å². The van der Waals surface area contributed by atoms with Gasteiger partial charge in [0.15, 0.2) is 0 Å². The Morgan fingerprint density at radius 1 is 1.58 bits per heavy atom. The van der Waals surface area contributed by atoms with Gasteiger partial charge < -0.3 is 9.30 Å². The van der Waals surface area contributed by atoms with E-state index in [-0.39, 0.29) is 24.1 Å². The molecule has 0 bridgehead atoms. The van der Waals surface area contributed by atoms with Gasteiger partial charge in [0.25, 0.3) is 5.69 Å². The lowest BCUT2D eigenvalue weighted by atomic mass is 10.2. The first-order valence-electron chi connectivity index (χ1n) is 5.70. The molecule has 100 valence electrons. The van der Waals surface area contributed by atoms with Crippen LogP contribution >= 0.6 is 0 Å². The zero-order valence-electron chi connectivity index (χ0n) is 10.6. The van der Waals surface area contributed by atoms with E-state index in [9.17, 15) is 14.9 Å². The van der Waals surface area contributed by atoms with Crippen LogP contribution < -0.4 is 0 Å². The molecule has 0 N–H and O–H groups in total. The lowest BCUT2D eigenvalue weighted by Gasteiger charge is -2.12. The zero-order chi connectivity index (χ0) is 14.0. The van der Waals surface area contributed by atoms with Crippen LogP contribution in [0.15, 0.2) is 24.5 Å². The second kappa shape index (κ2) is 5.05. The minimum Gasteiger partial charge on any atom is -0.469 e. The van der Waals surface area contributed by atoms with Crippen LogP contribution in [0.3, 0.4) is 0 Å². The van der Waals surface area contributed by atoms with Crippen LogP contribution in [0.2, 0.25) is 0 Å². The van der Waals surface area contributed by atoms with Crippen LogP contribution in [0.5, 0.6) is 0 Å². The fourth-order valence-corrected chi connectivity index (χ4v) is 1.90. The van der Waals surface area contributed by atoms with Gasteiger partial charge in [0.2, 0.25) is 0 Å². The van der Waals surface area contributed by atoms with Gasteiger partial charge in [-0.1, -0.05) is 0 Å². The van der Waals surface area contributed by atoms with Crippen LogP contribution in [-0.4, -0.2) is 27.6 Å². The Balaban J connectivity index is 2.40. The Morgan fingerprint density at radius 2 is 2.32 bits per heavy atom. The van der Waals surface area contributed by atoms with E-state index in [1.165, 1.54) is 19.2 Å². The summed E-state index contributed by atoms with van der Waals surface area (Å²) in [7, 11) is 1.33. The summed E-state index contributed by atoms with van der Waals surface area (Å²) in [4.78, 5) is 25.7. The Bertz CT molecular complexity index is 635. The maximum absolute atomic E-state index is 11.3. The van der Waals surface area contributed by atoms with Crippen LogP contribution in [0.4, 0.5) is 5.69 Å². The van der Waals surface area contributed by atoms with E-state index in [2.05, 4.69) is 9.72 Å². The van der Waals surface area contributed by atoms with Gasteiger partial charge in [-0.3, -0.25) is 14.9 Å². The van der Waals surface area contributed by atoms with E-state index in [0.717, 1.165) is 0 Å². The van der Waals surface area contributed by atoms with E-state index >= 15 is 0 Å². The standard InChI is InChI=1S/C12H13N3O4/c1-8(5-12(16)19-2)14-7-13-10-4-3-9(15(17)18)6-11(10)14/h3-4,6-8H,5H2,1-2H3. The van der Waals surface area contributed by atoms with Gasteiger partial charge in [0, 0.05) is 18.2 Å². The summed E-state index contributed by atoms with van der Waals surface area (Å²) in [6.45, 7) is 1.83. The van der Waals surface area contributed by atoms with Crippen LogP contribution in [0.25, 0.3) is 11.0 Å². The molecule has 0 amide bonds. The summed E-state index contributed by atoms with van der Waals surface area (Å²) >= 11 is 0. The molecule has 1 unspecified atom stereocenters. The predicted octanol–water partition coefficient (Wildman–Crippen LogP) is 2.07. The molecular weight excluding hydrogens is 250 g/mol. The molecule has 2 rings (SSSR count). The lowest BCUT2D eigenvalue weighted by molar-refractivity contribution is -0.384. The van der Waals surface area contributed by atoms with Crippen molar-refractivity contribution in [2.24, 2.45) is 0 Å². The summed E-state index contributed by atoms with van der Waals surface area (Å²) < 4.78 is 6.35. The molecule has 1 aromatic carbocycles. The van der Waals surface area contributed by atoms with E-state index in [1.54, 1.807) is 17.0 Å². The second-order valence-electron chi connectivity index (χ2n) is 4.21. The summed E-state index contributed by atoms with van der Waals surface area (Å²) in [5.74, 6) is -0.334. The molecule has 0 saturated heterocycles. The first kappa shape index (κ1) is 13.0. The van der Waals surface area contributed by atoms with E-state index < -0.39 is 4.92 Å². The van der Waals surface area contributed by atoms with E-state index in [0.29, 0.717) is 11.0 Å². The number of methoxy groups -OCH3 is 1. The molecule has 7 nitrogen and oxygen atoms in total. The van der Waals surface area contributed by atoms with Crippen molar-refractivity contribution in [2.75, 3.05) is 7.11 Å². The SMILES string of the molecule is COC(=O)CC(C)n1cnc2ccc([N+](=O)[O-])cc21. The summed E-state index contributed by atoms with van der Waals surface area (Å²) in [5, 5.41) is 10.8. The molecule has 2 aromatic rings. The predicted molar refractivity (Wildman–Crippen MR) is 67.7 cm³/mol. The highest BCUT2D eigenvalue weighted by atomic mass is 16.6. The number of benzene rings is 1. The zero-order valence-corrected chi connectivity index (χ0v) is 10.6. The Morgan fingerprint density at radius 3 is 2.95 bits per heavy atom. The second-order valence-corrected chi connectivity index (χ2v) is 4.21. The number of non-ortho nitro benzene ring substituents is 1. The number of hydrogen-bond donors (Lipinski definition) is 0. The first-order valence-corrected chi connectivity index (χ1v) is 5.70. The number of imidazole rings is 1. The molecule has 0 fully saturated rings. The lowest BCUT2D eigenvalue weighted by Crippen LogP contribution is -2.11. The largest absolute Gasteiger partial charge is 0.469 e. The fraction of sp³-hybridized carbons (Fsp3) is 0.333. The molecule has 1 atom stereocenters. The molecule has 0 aliphatic rings. The Labute approximate surface area is 109 Å². The average molecular weight is 263 g/mol. The third-order valence-corrected chi connectivity index (χ3v) is 2.93. The number of esters is 1. The van der Waals surface area contributed by atoms with Crippen molar-refractivity contribution >= 4 is 22.7 Å². The van der Waals surface area contributed by atoms with Crippen molar-refractivity contribution in [1.29, 1.82) is 0 Å². The third-order valence-electron chi connectivity index (χ3n) is 2.93. The van der Waals surface area contributed by atoms with Crippen LogP contribution in [0, 0.1) is 10.1 Å². The summed E-state index contributed by atoms with van der Waals surface area (Å²) in [6, 6.07) is 4.27. The quantitative estimate of drug-likeness (QED) is 0.478. The van der Waals surface area contributed by atoms with Crippen molar-refractivity contribution in [3.8, 4) is 0 Å². The van der Waals surface area contributed by atoms with Crippen molar-refractivity contribution in [3.05, 3.63) is 34.6 Å². The number of hydrogen-bond acceptors (Lipinski definition) is 5. The highest BCUT2D eigenvalue weighted by molar-refractivity contribution is 5.78. The minimum absolute atomic E-state index is 0.000446. The normalized spacial score (nSPS) is 12.3. The maximum Gasteiger partial charge on any atom is 0.307 e. The molecule has 0 saturated carbocycles. The van der Waals surface area contributed by atoms with Crippen LogP contribution in [0.1, 0.15) is 19.4 Å². The third kappa shape index (κ3) is 2.54. The van der Waals surface area contributed by atoms with Crippen molar-refractivity contribution in [3.63, 3.8) is 0 Å². The smallest absolute Gasteiger partial charge is 0.307 e. The number of aromatic nitrogens is 2. The van der Waals surface area contributed by atoms with E-state index in [4.69, 9.17) is 0 Å². The summed E-state index contributed by atoms with van der Waals surface area (Å²) in [6.07, 6.45) is 1.76. The maximum atomic E-state index is 11.3. The van der Waals surface area contributed by atoms with Gasteiger partial charge >= 0.3 is 5.97 Å². The molecule has 0 aliphatic carbocycles. The number of ether oxygens (including phenoxy) is 1. The average Bonchev–Trinajstić information content (AvgIpc) is 2.81. The van der Waals surface area contributed by atoms with Crippen molar-refractivity contribution in [2.45, 2.75) is 19.4 Å². The van der Waals surface area contributed by atoms with Gasteiger partial charge in [-0.25, -0.2) is 4.98 Å². The molecule has 0 spiro atoms. The van der Waals surface area contributed by atoms with Gasteiger partial charge in [0.05, 0.1) is 35.8 Å². The van der Waals surface area contributed by atoms with Crippen molar-refractivity contribution < 1.29 is 14.5 Å². The first-order chi connectivity index (χ1) is 9.02. The number of nitrogens with zero attached hydrogens (tertiary/aromatic N) is 3. The topological polar surface area (TPSA) is 87.3 Å². The number of carbonyl (C=O) groups excluding carboxylic acids is 1. The van der Waals surface area contributed by atoms with E-state index in [1.807, 2.05) is 6.92 Å². The van der Waals surface area contributed by atoms with Gasteiger partial charge in [-0.2, -0.15) is 0 Å². The van der Waals surface area contributed by atoms with Crippen LogP contribution in [-0.2, 0) is 9.53 Å².